The van der Waals surface area contributed by atoms with Crippen molar-refractivity contribution in [3.63, 3.8) is 0 Å². The van der Waals surface area contributed by atoms with E-state index in [1.165, 1.54) is 16.2 Å². The second kappa shape index (κ2) is 9.64. The van der Waals surface area contributed by atoms with Gasteiger partial charge in [-0.2, -0.15) is 0 Å². The van der Waals surface area contributed by atoms with Crippen molar-refractivity contribution >= 4 is 51.4 Å². The Kier molecular flexibility index (Phi) is 6.67. The summed E-state index contributed by atoms with van der Waals surface area (Å²) in [5.41, 5.74) is 1.59. The number of benzene rings is 2. The van der Waals surface area contributed by atoms with Gasteiger partial charge in [0.25, 0.3) is 5.91 Å². The quantitative estimate of drug-likeness (QED) is 0.498. The number of thiophene rings is 1. The van der Waals surface area contributed by atoms with Gasteiger partial charge >= 0.3 is 5.97 Å². The van der Waals surface area contributed by atoms with Crippen LogP contribution in [0.25, 0.3) is 10.4 Å². The predicted molar refractivity (Wildman–Crippen MR) is 128 cm³/mol. The van der Waals surface area contributed by atoms with Gasteiger partial charge in [0.2, 0.25) is 5.91 Å². The lowest BCUT2D eigenvalue weighted by molar-refractivity contribution is -0.127. The van der Waals surface area contributed by atoms with Crippen LogP contribution in [0.2, 0.25) is 5.02 Å². The fourth-order valence-electron chi connectivity index (χ4n) is 3.44. The molecule has 1 aliphatic heterocycles. The monoisotopic (exact) mass is 484 g/mol. The van der Waals surface area contributed by atoms with Gasteiger partial charge in [0.15, 0.2) is 6.10 Å². The third-order valence-electron chi connectivity index (χ3n) is 4.97. The number of rotatable bonds is 6. The average molecular weight is 485 g/mol. The molecule has 0 aliphatic carbocycles. The molecule has 0 radical (unpaired) electrons. The Labute approximate surface area is 199 Å². The van der Waals surface area contributed by atoms with Gasteiger partial charge in [-0.25, -0.2) is 4.79 Å². The summed E-state index contributed by atoms with van der Waals surface area (Å²) >= 11 is 7.36. The van der Waals surface area contributed by atoms with E-state index in [0.717, 1.165) is 10.4 Å². The van der Waals surface area contributed by atoms with Gasteiger partial charge in [-0.15, -0.1) is 11.3 Å². The smallest absolute Gasteiger partial charge is 0.341 e. The zero-order chi connectivity index (χ0) is 23.5. The van der Waals surface area contributed by atoms with Gasteiger partial charge < -0.3 is 14.8 Å². The minimum Gasteiger partial charge on any atom is -0.479 e. The normalized spacial score (nSPS) is 14.9. The van der Waals surface area contributed by atoms with Crippen LogP contribution in [0.15, 0.2) is 54.6 Å². The molecule has 3 aromatic rings. The molecule has 33 heavy (non-hydrogen) atoms. The fourth-order valence-corrected chi connectivity index (χ4v) is 4.68. The summed E-state index contributed by atoms with van der Waals surface area (Å²) in [4.78, 5) is 40.4. The van der Waals surface area contributed by atoms with Crippen LogP contribution in [-0.2, 0) is 14.3 Å². The molecule has 0 fully saturated rings. The number of esters is 1. The van der Waals surface area contributed by atoms with E-state index < -0.39 is 18.0 Å². The van der Waals surface area contributed by atoms with E-state index in [1.54, 1.807) is 38.1 Å². The molecule has 0 bridgehead atoms. The number of anilines is 2. The Morgan fingerprint density at radius 3 is 2.67 bits per heavy atom. The molecule has 9 heteroatoms. The third-order valence-corrected chi connectivity index (χ3v) is 6.30. The van der Waals surface area contributed by atoms with Crippen LogP contribution >= 0.6 is 22.9 Å². The SMILES string of the molecule is CCOC(=O)c1cc(-c2ccccc2)sc1NC(=O)CN1C(=O)C(C)Oc2ccc(Cl)cc21. The van der Waals surface area contributed by atoms with Gasteiger partial charge in [-0.1, -0.05) is 41.9 Å². The number of hydrogen-bond donors (Lipinski definition) is 1. The second-order valence-electron chi connectivity index (χ2n) is 7.28. The van der Waals surface area contributed by atoms with Crippen molar-refractivity contribution in [2.45, 2.75) is 20.0 Å². The third kappa shape index (κ3) is 4.86. The molecule has 2 amide bonds. The van der Waals surface area contributed by atoms with Gasteiger partial charge in [0.1, 0.15) is 17.3 Å². The number of nitrogens with one attached hydrogen (secondary N) is 1. The summed E-state index contributed by atoms with van der Waals surface area (Å²) in [6.45, 7) is 3.28. The first-order valence-electron chi connectivity index (χ1n) is 10.3. The Bertz CT molecular complexity index is 1210. The van der Waals surface area contributed by atoms with E-state index in [9.17, 15) is 14.4 Å². The van der Waals surface area contributed by atoms with Gasteiger partial charge in [-0.3, -0.25) is 14.5 Å². The predicted octanol–water partition coefficient (Wildman–Crippen LogP) is 5.00. The maximum atomic E-state index is 13.0. The molecule has 2 heterocycles. The number of amides is 2. The molecule has 1 aromatic heterocycles. The molecule has 4 rings (SSSR count). The Morgan fingerprint density at radius 2 is 1.94 bits per heavy atom. The molecule has 170 valence electrons. The zero-order valence-electron chi connectivity index (χ0n) is 18.0. The molecular weight excluding hydrogens is 464 g/mol. The molecule has 1 N–H and O–H groups in total. The van der Waals surface area contributed by atoms with Crippen LogP contribution in [0.5, 0.6) is 5.75 Å². The molecule has 2 aromatic carbocycles. The summed E-state index contributed by atoms with van der Waals surface area (Å²) in [5, 5.41) is 3.55. The Morgan fingerprint density at radius 1 is 1.18 bits per heavy atom. The maximum Gasteiger partial charge on any atom is 0.341 e. The fraction of sp³-hybridized carbons (Fsp3) is 0.208. The second-order valence-corrected chi connectivity index (χ2v) is 8.77. The van der Waals surface area contributed by atoms with Crippen molar-refractivity contribution in [3.8, 4) is 16.2 Å². The van der Waals surface area contributed by atoms with Crippen molar-refractivity contribution in [2.75, 3.05) is 23.4 Å². The number of carbonyl (C=O) groups is 3. The molecule has 7 nitrogen and oxygen atoms in total. The van der Waals surface area contributed by atoms with Crippen LogP contribution in [0.4, 0.5) is 10.7 Å². The molecule has 0 saturated carbocycles. The minimum absolute atomic E-state index is 0.209. The molecule has 1 unspecified atom stereocenters. The number of nitrogens with zero attached hydrogens (tertiary/aromatic N) is 1. The van der Waals surface area contributed by atoms with Crippen molar-refractivity contribution in [2.24, 2.45) is 0 Å². The summed E-state index contributed by atoms with van der Waals surface area (Å²) in [5.74, 6) is -0.884. The van der Waals surface area contributed by atoms with Crippen LogP contribution in [0.1, 0.15) is 24.2 Å². The molecule has 0 spiro atoms. The summed E-state index contributed by atoms with van der Waals surface area (Å²) in [6.07, 6.45) is -0.743. The summed E-state index contributed by atoms with van der Waals surface area (Å²) in [7, 11) is 0. The van der Waals surface area contributed by atoms with Gasteiger partial charge in [0.05, 0.1) is 17.9 Å². The van der Waals surface area contributed by atoms with E-state index in [2.05, 4.69) is 5.32 Å². The maximum absolute atomic E-state index is 13.0. The first-order chi connectivity index (χ1) is 15.9. The number of halogens is 1. The van der Waals surface area contributed by atoms with Gasteiger partial charge in [-0.05, 0) is 43.7 Å². The van der Waals surface area contributed by atoms with Crippen molar-refractivity contribution in [1.29, 1.82) is 0 Å². The molecule has 0 saturated heterocycles. The largest absolute Gasteiger partial charge is 0.479 e. The first kappa shape index (κ1) is 22.8. The van der Waals surface area contributed by atoms with Crippen molar-refractivity contribution in [1.82, 2.24) is 0 Å². The Balaban J connectivity index is 1.61. The van der Waals surface area contributed by atoms with E-state index in [4.69, 9.17) is 21.1 Å². The van der Waals surface area contributed by atoms with Crippen LogP contribution in [-0.4, -0.2) is 37.0 Å². The van der Waals surface area contributed by atoms with E-state index in [0.29, 0.717) is 21.5 Å². The number of ether oxygens (including phenoxy) is 2. The summed E-state index contributed by atoms with van der Waals surface area (Å²) in [6, 6.07) is 16.1. The minimum atomic E-state index is -0.743. The highest BCUT2D eigenvalue weighted by Crippen LogP contribution is 2.38. The number of fused-ring (bicyclic) bond motifs is 1. The molecule has 1 aliphatic rings. The first-order valence-corrected chi connectivity index (χ1v) is 11.5. The number of carbonyl (C=O) groups excluding carboxylic acids is 3. The van der Waals surface area contributed by atoms with E-state index in [1.807, 2.05) is 30.3 Å². The highest BCUT2D eigenvalue weighted by molar-refractivity contribution is 7.20. The van der Waals surface area contributed by atoms with Crippen molar-refractivity contribution in [3.05, 3.63) is 65.2 Å². The topological polar surface area (TPSA) is 84.9 Å². The Hall–Kier alpha value is -3.36. The van der Waals surface area contributed by atoms with Crippen LogP contribution in [0, 0.1) is 0 Å². The highest BCUT2D eigenvalue weighted by atomic mass is 35.5. The average Bonchev–Trinajstić information content (AvgIpc) is 3.22. The van der Waals surface area contributed by atoms with Crippen LogP contribution < -0.4 is 15.0 Å². The van der Waals surface area contributed by atoms with Crippen LogP contribution in [0.3, 0.4) is 0 Å². The molecular formula is C24H21ClN2O5S. The zero-order valence-corrected chi connectivity index (χ0v) is 19.5. The lowest BCUT2D eigenvalue weighted by atomic mass is 10.1. The highest BCUT2D eigenvalue weighted by Gasteiger charge is 2.33. The number of hydrogen-bond acceptors (Lipinski definition) is 6. The standard InChI is InChI=1S/C24H21ClN2O5S/c1-3-31-24(30)17-12-20(15-7-5-4-6-8-15)33-22(17)26-21(28)13-27-18-11-16(25)9-10-19(18)32-14(2)23(27)29/h4-12,14H,3,13H2,1-2H3,(H,26,28). The summed E-state index contributed by atoms with van der Waals surface area (Å²) < 4.78 is 10.8. The van der Waals surface area contributed by atoms with E-state index in [-0.39, 0.29) is 24.6 Å². The van der Waals surface area contributed by atoms with Gasteiger partial charge in [0, 0.05) is 9.90 Å². The lowest BCUT2D eigenvalue weighted by Crippen LogP contribution is -2.47. The molecule has 1 atom stereocenters. The van der Waals surface area contributed by atoms with Crippen molar-refractivity contribution < 1.29 is 23.9 Å². The lowest BCUT2D eigenvalue weighted by Gasteiger charge is -2.32. The van der Waals surface area contributed by atoms with E-state index >= 15 is 0 Å².